The van der Waals surface area contributed by atoms with E-state index in [4.69, 9.17) is 0 Å². The number of hydrogen-bond acceptors (Lipinski definition) is 4. The first-order valence-electron chi connectivity index (χ1n) is 8.97. The maximum Gasteiger partial charge on any atom is 0.310 e. The highest BCUT2D eigenvalue weighted by Gasteiger charge is 2.42. The van der Waals surface area contributed by atoms with Gasteiger partial charge in [0.15, 0.2) is 13.8 Å². The lowest BCUT2D eigenvalue weighted by Crippen LogP contribution is -2.40. The molecule has 0 radical (unpaired) electrons. The molecule has 0 saturated heterocycles. The Bertz CT molecular complexity index is 963. The van der Waals surface area contributed by atoms with E-state index >= 15 is 0 Å². The highest BCUT2D eigenvalue weighted by Crippen LogP contribution is 2.38. The zero-order valence-corrected chi connectivity index (χ0v) is 16.9. The summed E-state index contributed by atoms with van der Waals surface area (Å²) in [6.45, 7) is 0. The van der Waals surface area contributed by atoms with Gasteiger partial charge in [0.25, 0.3) is 0 Å². The van der Waals surface area contributed by atoms with Crippen LogP contribution in [0.25, 0.3) is 10.8 Å². The first-order valence-corrected chi connectivity index (χ1v) is 10.8. The van der Waals surface area contributed by atoms with Gasteiger partial charge in [0.05, 0.1) is 5.92 Å². The second-order valence-electron chi connectivity index (χ2n) is 6.68. The van der Waals surface area contributed by atoms with Gasteiger partial charge in [-0.2, -0.15) is 0 Å². The van der Waals surface area contributed by atoms with E-state index in [-0.39, 0.29) is 12.2 Å². The van der Waals surface area contributed by atoms with E-state index in [1.165, 1.54) is 11.8 Å². The number of aliphatic carboxylic acids is 1. The van der Waals surface area contributed by atoms with Crippen molar-refractivity contribution in [2.24, 2.45) is 5.92 Å². The minimum atomic E-state index is -1.84. The summed E-state index contributed by atoms with van der Waals surface area (Å²) < 4.78 is 11.8. The molecule has 0 aliphatic rings. The van der Waals surface area contributed by atoms with Gasteiger partial charge in [-0.3, -0.25) is 9.36 Å². The van der Waals surface area contributed by atoms with Crippen molar-refractivity contribution < 1.29 is 19.6 Å². The van der Waals surface area contributed by atoms with E-state index < -0.39 is 25.7 Å². The Balaban J connectivity index is 1.72. The standard InChI is InChI=1S/C22H21O4PS/c23-21(24)20(13-10-16-6-2-1-3-7-16)22(25,27-26)15-28-19-12-11-17-8-4-5-9-18(17)14-19/h1-9,11-12,14,20,25H,10,13,15H2,(H,23,24). The van der Waals surface area contributed by atoms with Crippen LogP contribution in [-0.4, -0.2) is 27.3 Å². The van der Waals surface area contributed by atoms with Crippen molar-refractivity contribution in [3.05, 3.63) is 78.4 Å². The number of hydrogen-bond donors (Lipinski definition) is 2. The minimum absolute atomic E-state index is 0.0299. The molecule has 3 aromatic carbocycles. The first-order chi connectivity index (χ1) is 13.5. The van der Waals surface area contributed by atoms with Crippen LogP contribution in [0.5, 0.6) is 0 Å². The minimum Gasteiger partial charge on any atom is -0.481 e. The summed E-state index contributed by atoms with van der Waals surface area (Å²) in [5, 5.41) is 20.9. The smallest absolute Gasteiger partial charge is 0.310 e. The summed E-state index contributed by atoms with van der Waals surface area (Å²) in [5.41, 5.74) is 0.987. The third-order valence-electron chi connectivity index (χ3n) is 4.75. The van der Waals surface area contributed by atoms with E-state index in [0.717, 1.165) is 21.2 Å². The molecule has 0 heterocycles. The van der Waals surface area contributed by atoms with Crippen LogP contribution in [-0.2, 0) is 15.8 Å². The van der Waals surface area contributed by atoms with Gasteiger partial charge in [0.2, 0.25) is 0 Å². The number of carboxylic acid groups (broad SMARTS) is 1. The molecule has 144 valence electrons. The van der Waals surface area contributed by atoms with Gasteiger partial charge in [0.1, 0.15) is 0 Å². The number of benzene rings is 3. The lowest BCUT2D eigenvalue weighted by molar-refractivity contribution is -0.146. The molecule has 28 heavy (non-hydrogen) atoms. The Morgan fingerprint density at radius 2 is 1.68 bits per heavy atom. The Morgan fingerprint density at radius 1 is 1.00 bits per heavy atom. The second-order valence-corrected chi connectivity index (χ2v) is 8.69. The number of carboxylic acids is 1. The van der Waals surface area contributed by atoms with Crippen LogP contribution in [0, 0.1) is 5.92 Å². The second kappa shape index (κ2) is 9.33. The van der Waals surface area contributed by atoms with Gasteiger partial charge in [-0.05, 0) is 41.3 Å². The van der Waals surface area contributed by atoms with Gasteiger partial charge in [0, 0.05) is 10.6 Å². The molecule has 2 N–H and O–H groups in total. The molecule has 2 atom stereocenters. The van der Waals surface area contributed by atoms with Crippen LogP contribution >= 0.6 is 20.2 Å². The fourth-order valence-corrected chi connectivity index (χ4v) is 4.87. The van der Waals surface area contributed by atoms with Gasteiger partial charge in [-0.1, -0.05) is 60.7 Å². The van der Waals surface area contributed by atoms with Gasteiger partial charge < -0.3 is 10.2 Å². The van der Waals surface area contributed by atoms with Crippen molar-refractivity contribution in [1.29, 1.82) is 0 Å². The Morgan fingerprint density at radius 3 is 2.36 bits per heavy atom. The fraction of sp³-hybridized carbons (Fsp3) is 0.227. The summed E-state index contributed by atoms with van der Waals surface area (Å²) >= 11 is 1.31. The van der Waals surface area contributed by atoms with E-state index in [1.54, 1.807) is 0 Å². The molecular formula is C22H21O4PS. The number of aryl methyl sites for hydroxylation is 1. The van der Waals surface area contributed by atoms with E-state index in [0.29, 0.717) is 6.42 Å². The topological polar surface area (TPSA) is 74.6 Å². The van der Waals surface area contributed by atoms with Gasteiger partial charge >= 0.3 is 5.97 Å². The molecule has 3 aromatic rings. The molecular weight excluding hydrogens is 391 g/mol. The highest BCUT2D eigenvalue weighted by molar-refractivity contribution is 7.99. The highest BCUT2D eigenvalue weighted by atomic mass is 32.2. The average molecular weight is 412 g/mol. The molecule has 0 aliphatic carbocycles. The third kappa shape index (κ3) is 4.99. The van der Waals surface area contributed by atoms with E-state index in [9.17, 15) is 19.6 Å². The molecule has 2 unspecified atom stereocenters. The molecule has 0 aromatic heterocycles. The van der Waals surface area contributed by atoms with E-state index in [1.807, 2.05) is 72.8 Å². The summed E-state index contributed by atoms with van der Waals surface area (Å²) in [6, 6.07) is 23.3. The third-order valence-corrected chi connectivity index (χ3v) is 6.92. The number of thioether (sulfide) groups is 1. The predicted molar refractivity (Wildman–Crippen MR) is 113 cm³/mol. The fourth-order valence-electron chi connectivity index (χ4n) is 3.15. The average Bonchev–Trinajstić information content (AvgIpc) is 2.72. The summed E-state index contributed by atoms with van der Waals surface area (Å²) in [6.07, 6.45) is 0.708. The molecule has 0 spiro atoms. The van der Waals surface area contributed by atoms with Crippen molar-refractivity contribution >= 4 is 37.0 Å². The maximum atomic E-state index is 11.8. The monoisotopic (exact) mass is 412 g/mol. The number of aliphatic hydroxyl groups is 1. The van der Waals surface area contributed by atoms with Crippen LogP contribution < -0.4 is 0 Å². The normalized spacial score (nSPS) is 14.6. The van der Waals surface area contributed by atoms with Gasteiger partial charge in [-0.15, -0.1) is 11.8 Å². The Labute approximate surface area is 169 Å². The molecule has 0 saturated carbocycles. The zero-order chi connectivity index (χ0) is 20.0. The Kier molecular flexibility index (Phi) is 6.84. The van der Waals surface area contributed by atoms with Crippen LogP contribution in [0.1, 0.15) is 12.0 Å². The molecule has 4 nitrogen and oxygen atoms in total. The lowest BCUT2D eigenvalue weighted by atomic mass is 9.94. The summed E-state index contributed by atoms with van der Waals surface area (Å²) in [7, 11) is -0.575. The number of rotatable bonds is 9. The largest absolute Gasteiger partial charge is 0.481 e. The molecule has 0 aliphatic heterocycles. The molecule has 6 heteroatoms. The van der Waals surface area contributed by atoms with Crippen molar-refractivity contribution in [2.75, 3.05) is 5.75 Å². The number of fused-ring (bicyclic) bond motifs is 1. The van der Waals surface area contributed by atoms with Crippen LogP contribution in [0.3, 0.4) is 0 Å². The van der Waals surface area contributed by atoms with Gasteiger partial charge in [-0.25, -0.2) is 0 Å². The molecule has 0 fully saturated rings. The summed E-state index contributed by atoms with van der Waals surface area (Å²) in [5.74, 6) is -2.23. The SMILES string of the molecule is O=PC(O)(CSc1ccc2ccccc2c1)C(CCc1ccccc1)C(=O)O. The molecule has 0 amide bonds. The van der Waals surface area contributed by atoms with Crippen LogP contribution in [0.15, 0.2) is 77.7 Å². The molecule has 3 rings (SSSR count). The van der Waals surface area contributed by atoms with Crippen LogP contribution in [0.4, 0.5) is 0 Å². The maximum absolute atomic E-state index is 11.8. The van der Waals surface area contributed by atoms with Crippen molar-refractivity contribution in [2.45, 2.75) is 23.1 Å². The van der Waals surface area contributed by atoms with Crippen molar-refractivity contribution in [3.63, 3.8) is 0 Å². The quantitative estimate of drug-likeness (QED) is 0.371. The zero-order valence-electron chi connectivity index (χ0n) is 15.2. The van der Waals surface area contributed by atoms with E-state index in [2.05, 4.69) is 0 Å². The molecule has 0 bridgehead atoms. The number of carbonyl (C=O) groups is 1. The van der Waals surface area contributed by atoms with Crippen molar-refractivity contribution in [3.8, 4) is 0 Å². The lowest BCUT2D eigenvalue weighted by Gasteiger charge is -2.27. The van der Waals surface area contributed by atoms with Crippen molar-refractivity contribution in [1.82, 2.24) is 0 Å². The Hall–Kier alpha value is -2.20. The van der Waals surface area contributed by atoms with Crippen LogP contribution in [0.2, 0.25) is 0 Å². The first kappa shape index (κ1) is 20.5. The predicted octanol–water partition coefficient (Wildman–Crippen LogP) is 5.25. The summed E-state index contributed by atoms with van der Waals surface area (Å²) in [4.78, 5) is 12.7.